The van der Waals surface area contributed by atoms with Crippen LogP contribution in [-0.4, -0.2) is 21.8 Å². The van der Waals surface area contributed by atoms with Gasteiger partial charge in [0.15, 0.2) is 0 Å². The first-order valence-corrected chi connectivity index (χ1v) is 8.06. The summed E-state index contributed by atoms with van der Waals surface area (Å²) in [4.78, 5) is 15.2. The molecule has 1 N–H and O–H groups in total. The average molecular weight is 326 g/mol. The summed E-state index contributed by atoms with van der Waals surface area (Å²) in [6.45, 7) is 2.08. The SMILES string of the molecule is CCCSc1nc(-c2ccc(Cl)cc2)c(CCC(=O)O)o1. The highest BCUT2D eigenvalue weighted by Crippen LogP contribution is 2.30. The lowest BCUT2D eigenvalue weighted by molar-refractivity contribution is -0.137. The minimum absolute atomic E-state index is 0.0215. The molecule has 0 unspecified atom stereocenters. The number of carboxylic acid groups (broad SMARTS) is 1. The number of thioether (sulfide) groups is 1. The Morgan fingerprint density at radius 2 is 2.10 bits per heavy atom. The van der Waals surface area contributed by atoms with Crippen LogP contribution >= 0.6 is 23.4 Å². The Labute approximate surface area is 132 Å². The van der Waals surface area contributed by atoms with Crippen LogP contribution in [0, 0.1) is 0 Å². The van der Waals surface area contributed by atoms with E-state index in [1.165, 1.54) is 11.8 Å². The number of aliphatic carboxylic acids is 1. The summed E-state index contributed by atoms with van der Waals surface area (Å²) < 4.78 is 5.71. The van der Waals surface area contributed by atoms with Gasteiger partial charge in [0, 0.05) is 22.8 Å². The Hall–Kier alpha value is -1.46. The van der Waals surface area contributed by atoms with E-state index < -0.39 is 5.97 Å². The normalized spacial score (nSPS) is 10.8. The van der Waals surface area contributed by atoms with Gasteiger partial charge in [0.05, 0.1) is 6.42 Å². The zero-order valence-corrected chi connectivity index (χ0v) is 13.2. The van der Waals surface area contributed by atoms with Crippen LogP contribution < -0.4 is 0 Å². The van der Waals surface area contributed by atoms with E-state index in [9.17, 15) is 4.79 Å². The van der Waals surface area contributed by atoms with Crippen LogP contribution in [0.1, 0.15) is 25.5 Å². The third-order valence-electron chi connectivity index (χ3n) is 2.79. The second kappa shape index (κ2) is 7.52. The van der Waals surface area contributed by atoms with Gasteiger partial charge in [0.25, 0.3) is 5.22 Å². The molecule has 1 aromatic carbocycles. The van der Waals surface area contributed by atoms with Crippen molar-refractivity contribution in [2.24, 2.45) is 0 Å². The fourth-order valence-electron chi connectivity index (χ4n) is 1.80. The highest BCUT2D eigenvalue weighted by atomic mass is 35.5. The summed E-state index contributed by atoms with van der Waals surface area (Å²) in [5.41, 5.74) is 1.58. The van der Waals surface area contributed by atoms with Crippen molar-refractivity contribution < 1.29 is 14.3 Å². The second-order valence-corrected chi connectivity index (χ2v) is 5.98. The summed E-state index contributed by atoms with van der Waals surface area (Å²) >= 11 is 7.43. The lowest BCUT2D eigenvalue weighted by atomic mass is 10.1. The molecule has 2 aromatic rings. The zero-order chi connectivity index (χ0) is 15.2. The summed E-state index contributed by atoms with van der Waals surface area (Å²) in [6.07, 6.45) is 1.37. The van der Waals surface area contributed by atoms with Gasteiger partial charge < -0.3 is 9.52 Å². The summed E-state index contributed by atoms with van der Waals surface area (Å²) in [6, 6.07) is 7.29. The standard InChI is InChI=1S/C15H16ClNO3S/c1-2-9-21-15-17-14(10-3-5-11(16)6-4-10)12(20-15)7-8-13(18)19/h3-6H,2,7-9H2,1H3,(H,18,19). The number of aryl methyl sites for hydroxylation is 1. The first-order valence-electron chi connectivity index (χ1n) is 6.70. The molecule has 1 heterocycles. The van der Waals surface area contributed by atoms with E-state index in [4.69, 9.17) is 21.1 Å². The van der Waals surface area contributed by atoms with E-state index in [0.717, 1.165) is 17.7 Å². The molecule has 0 spiro atoms. The van der Waals surface area contributed by atoms with Gasteiger partial charge in [0.2, 0.25) is 0 Å². The maximum Gasteiger partial charge on any atom is 0.303 e. The zero-order valence-electron chi connectivity index (χ0n) is 11.6. The molecule has 0 bridgehead atoms. The van der Waals surface area contributed by atoms with Crippen molar-refractivity contribution in [3.8, 4) is 11.3 Å². The Morgan fingerprint density at radius 1 is 1.38 bits per heavy atom. The number of rotatable bonds is 7. The smallest absolute Gasteiger partial charge is 0.303 e. The van der Waals surface area contributed by atoms with E-state index in [1.54, 1.807) is 12.1 Å². The van der Waals surface area contributed by atoms with Gasteiger partial charge in [-0.1, -0.05) is 42.4 Å². The molecule has 0 aliphatic heterocycles. The molecule has 0 fully saturated rings. The Kier molecular flexibility index (Phi) is 5.70. The number of aromatic nitrogens is 1. The van der Waals surface area contributed by atoms with E-state index in [-0.39, 0.29) is 6.42 Å². The number of hydrogen-bond acceptors (Lipinski definition) is 4. The number of halogens is 1. The van der Waals surface area contributed by atoms with Gasteiger partial charge in [0.1, 0.15) is 11.5 Å². The number of carbonyl (C=O) groups is 1. The molecule has 0 radical (unpaired) electrons. The van der Waals surface area contributed by atoms with Crippen molar-refractivity contribution >= 4 is 29.3 Å². The monoisotopic (exact) mass is 325 g/mol. The van der Waals surface area contributed by atoms with Crippen molar-refractivity contribution in [2.75, 3.05) is 5.75 Å². The predicted molar refractivity (Wildman–Crippen MR) is 83.9 cm³/mol. The molecular weight excluding hydrogens is 310 g/mol. The first kappa shape index (κ1) is 15.9. The minimum atomic E-state index is -0.851. The fourth-order valence-corrected chi connectivity index (χ4v) is 2.62. The first-order chi connectivity index (χ1) is 10.1. The Morgan fingerprint density at radius 3 is 2.71 bits per heavy atom. The van der Waals surface area contributed by atoms with E-state index in [1.807, 2.05) is 12.1 Å². The third kappa shape index (κ3) is 4.51. The van der Waals surface area contributed by atoms with Crippen molar-refractivity contribution in [2.45, 2.75) is 31.4 Å². The molecule has 21 heavy (non-hydrogen) atoms. The molecule has 0 saturated heterocycles. The highest BCUT2D eigenvalue weighted by molar-refractivity contribution is 7.99. The van der Waals surface area contributed by atoms with Gasteiger partial charge in [-0.05, 0) is 18.6 Å². The molecule has 112 valence electrons. The largest absolute Gasteiger partial charge is 0.481 e. The molecule has 0 amide bonds. The van der Waals surface area contributed by atoms with Crippen LogP contribution in [0.15, 0.2) is 33.9 Å². The molecular formula is C15H16ClNO3S. The average Bonchev–Trinajstić information content (AvgIpc) is 2.87. The molecule has 0 aliphatic carbocycles. The maximum absolute atomic E-state index is 10.8. The summed E-state index contributed by atoms with van der Waals surface area (Å²) in [5.74, 6) is 0.674. The summed E-state index contributed by atoms with van der Waals surface area (Å²) in [7, 11) is 0. The second-order valence-electron chi connectivity index (χ2n) is 4.50. The van der Waals surface area contributed by atoms with Gasteiger partial charge in [-0.15, -0.1) is 0 Å². The van der Waals surface area contributed by atoms with E-state index in [2.05, 4.69) is 11.9 Å². The Balaban J connectivity index is 2.29. The molecule has 0 saturated carbocycles. The van der Waals surface area contributed by atoms with Crippen molar-refractivity contribution in [1.82, 2.24) is 4.98 Å². The van der Waals surface area contributed by atoms with Crippen LogP contribution in [0.5, 0.6) is 0 Å². The van der Waals surface area contributed by atoms with E-state index >= 15 is 0 Å². The number of benzene rings is 1. The van der Waals surface area contributed by atoms with Crippen LogP contribution in [0.2, 0.25) is 5.02 Å². The lowest BCUT2D eigenvalue weighted by Gasteiger charge is -2.00. The molecule has 0 aliphatic rings. The third-order valence-corrected chi connectivity index (χ3v) is 4.08. The quantitative estimate of drug-likeness (QED) is 0.758. The van der Waals surface area contributed by atoms with Crippen molar-refractivity contribution in [3.63, 3.8) is 0 Å². The van der Waals surface area contributed by atoms with Crippen LogP contribution in [0.25, 0.3) is 11.3 Å². The van der Waals surface area contributed by atoms with Gasteiger partial charge in [-0.2, -0.15) is 0 Å². The molecule has 0 atom stereocenters. The highest BCUT2D eigenvalue weighted by Gasteiger charge is 2.16. The molecule has 4 nitrogen and oxygen atoms in total. The maximum atomic E-state index is 10.8. The van der Waals surface area contributed by atoms with Crippen molar-refractivity contribution in [3.05, 3.63) is 35.0 Å². The number of nitrogens with zero attached hydrogens (tertiary/aromatic N) is 1. The van der Waals surface area contributed by atoms with Crippen molar-refractivity contribution in [1.29, 1.82) is 0 Å². The van der Waals surface area contributed by atoms with Crippen LogP contribution in [0.4, 0.5) is 0 Å². The fraction of sp³-hybridized carbons (Fsp3) is 0.333. The molecule has 6 heteroatoms. The number of carboxylic acids is 1. The topological polar surface area (TPSA) is 63.3 Å². The van der Waals surface area contributed by atoms with E-state index in [0.29, 0.717) is 28.1 Å². The summed E-state index contributed by atoms with van der Waals surface area (Å²) in [5, 5.41) is 10.1. The minimum Gasteiger partial charge on any atom is -0.481 e. The number of hydrogen-bond donors (Lipinski definition) is 1. The van der Waals surface area contributed by atoms with Gasteiger partial charge >= 0.3 is 5.97 Å². The van der Waals surface area contributed by atoms with Gasteiger partial charge in [-0.25, -0.2) is 4.98 Å². The number of oxazole rings is 1. The lowest BCUT2D eigenvalue weighted by Crippen LogP contribution is -1.97. The van der Waals surface area contributed by atoms with Crippen LogP contribution in [0.3, 0.4) is 0 Å². The molecule has 1 aromatic heterocycles. The van der Waals surface area contributed by atoms with Gasteiger partial charge in [-0.3, -0.25) is 4.79 Å². The molecule has 2 rings (SSSR count). The van der Waals surface area contributed by atoms with Crippen LogP contribution in [-0.2, 0) is 11.2 Å². The predicted octanol–water partition coefficient (Wildman–Crippen LogP) is 4.51. The Bertz CT molecular complexity index is 610.